The van der Waals surface area contributed by atoms with Gasteiger partial charge in [-0.1, -0.05) is 63.7 Å². The van der Waals surface area contributed by atoms with Gasteiger partial charge in [-0.25, -0.2) is 0 Å². The molecular weight excluding hydrogens is 345 g/mol. The molecule has 1 aromatic carbocycles. The summed E-state index contributed by atoms with van der Waals surface area (Å²) in [6.07, 6.45) is 12.4. The first-order valence-electron chi connectivity index (χ1n) is 10.8. The molecule has 2 aliphatic carbocycles. The molecule has 1 saturated carbocycles. The quantitative estimate of drug-likeness (QED) is 0.437. The molecule has 3 rings (SSSR count). The molecule has 1 aromatic rings. The number of allylic oxidation sites excluding steroid dienone is 2. The van der Waals surface area contributed by atoms with Crippen molar-refractivity contribution in [3.05, 3.63) is 41.5 Å². The molecule has 0 saturated heterocycles. The summed E-state index contributed by atoms with van der Waals surface area (Å²) in [5.74, 6) is 2.59. The Bertz CT molecular complexity index is 604. The standard InChI is InChI=1S/C24H33F3/c1-2-3-4-5-18-6-8-19(9-7-18)20-10-12-21(13-11-20)22-14-16-23(17-15-22)24(25,26)27/h12,14-20H,2-11,13H2,1H3. The van der Waals surface area contributed by atoms with Crippen molar-refractivity contribution in [3.8, 4) is 0 Å². The van der Waals surface area contributed by atoms with Crippen LogP contribution in [0.2, 0.25) is 0 Å². The van der Waals surface area contributed by atoms with Gasteiger partial charge in [0.05, 0.1) is 5.56 Å². The van der Waals surface area contributed by atoms with Crippen molar-refractivity contribution in [2.75, 3.05) is 0 Å². The van der Waals surface area contributed by atoms with Crippen molar-refractivity contribution < 1.29 is 13.2 Å². The summed E-state index contributed by atoms with van der Waals surface area (Å²) in [5, 5.41) is 0. The van der Waals surface area contributed by atoms with Crippen LogP contribution in [0.3, 0.4) is 0 Å². The Labute approximate surface area is 162 Å². The van der Waals surface area contributed by atoms with Gasteiger partial charge in [0.2, 0.25) is 0 Å². The molecule has 150 valence electrons. The molecule has 0 aromatic heterocycles. The van der Waals surface area contributed by atoms with Crippen molar-refractivity contribution in [1.29, 1.82) is 0 Å². The molecule has 0 bridgehead atoms. The van der Waals surface area contributed by atoms with E-state index in [0.29, 0.717) is 0 Å². The van der Waals surface area contributed by atoms with Crippen molar-refractivity contribution in [3.63, 3.8) is 0 Å². The Morgan fingerprint density at radius 3 is 2.15 bits per heavy atom. The smallest absolute Gasteiger partial charge is 0.166 e. The number of halogens is 3. The summed E-state index contributed by atoms with van der Waals surface area (Å²) in [7, 11) is 0. The van der Waals surface area contributed by atoms with Crippen LogP contribution in [0.25, 0.3) is 5.57 Å². The van der Waals surface area contributed by atoms with Gasteiger partial charge >= 0.3 is 6.18 Å². The summed E-state index contributed by atoms with van der Waals surface area (Å²) in [5.41, 5.74) is 1.63. The second kappa shape index (κ2) is 9.30. The van der Waals surface area contributed by atoms with Gasteiger partial charge in [-0.2, -0.15) is 13.2 Å². The van der Waals surface area contributed by atoms with Crippen molar-refractivity contribution in [2.24, 2.45) is 17.8 Å². The van der Waals surface area contributed by atoms with E-state index in [4.69, 9.17) is 0 Å². The summed E-state index contributed by atoms with van der Waals surface area (Å²) >= 11 is 0. The number of hydrogen-bond acceptors (Lipinski definition) is 0. The van der Waals surface area contributed by atoms with Gasteiger partial charge in [0, 0.05) is 0 Å². The van der Waals surface area contributed by atoms with Crippen molar-refractivity contribution in [2.45, 2.75) is 83.7 Å². The Hall–Kier alpha value is -1.25. The molecule has 1 unspecified atom stereocenters. The SMILES string of the molecule is CCCCCC1CCC(C2CC=C(c3ccc(C(F)(F)F)cc3)CC2)CC1. The van der Waals surface area contributed by atoms with Crippen molar-refractivity contribution >= 4 is 5.57 Å². The van der Waals surface area contributed by atoms with Crippen LogP contribution in [0.5, 0.6) is 0 Å². The lowest BCUT2D eigenvalue weighted by Gasteiger charge is -2.35. The Morgan fingerprint density at radius 2 is 1.59 bits per heavy atom. The molecule has 0 amide bonds. The number of benzene rings is 1. The van der Waals surface area contributed by atoms with E-state index in [2.05, 4.69) is 13.0 Å². The van der Waals surface area contributed by atoms with Gasteiger partial charge in [-0.15, -0.1) is 0 Å². The molecule has 1 atom stereocenters. The summed E-state index contributed by atoms with van der Waals surface area (Å²) in [6.45, 7) is 2.27. The zero-order valence-corrected chi connectivity index (χ0v) is 16.5. The predicted molar refractivity (Wildman–Crippen MR) is 106 cm³/mol. The van der Waals surface area contributed by atoms with Gasteiger partial charge in [0.1, 0.15) is 0 Å². The first-order chi connectivity index (χ1) is 13.0. The average molecular weight is 379 g/mol. The lowest BCUT2D eigenvalue weighted by atomic mass is 9.70. The Balaban J connectivity index is 1.49. The van der Waals surface area contributed by atoms with E-state index in [0.717, 1.165) is 36.2 Å². The van der Waals surface area contributed by atoms with Crippen LogP contribution in [-0.4, -0.2) is 0 Å². The summed E-state index contributed by atoms with van der Waals surface area (Å²) in [6, 6.07) is 5.69. The van der Waals surface area contributed by atoms with E-state index in [1.165, 1.54) is 75.5 Å². The number of alkyl halides is 3. The maximum absolute atomic E-state index is 12.7. The fraction of sp³-hybridized carbons (Fsp3) is 0.667. The van der Waals surface area contributed by atoms with Gasteiger partial charge < -0.3 is 0 Å². The molecule has 0 radical (unpaired) electrons. The summed E-state index contributed by atoms with van der Waals surface area (Å²) in [4.78, 5) is 0. The highest BCUT2D eigenvalue weighted by Gasteiger charge is 2.31. The molecule has 3 heteroatoms. The second-order valence-electron chi connectivity index (χ2n) is 8.62. The third-order valence-electron chi connectivity index (χ3n) is 6.81. The van der Waals surface area contributed by atoms with E-state index < -0.39 is 11.7 Å². The fourth-order valence-electron chi connectivity index (χ4n) is 5.05. The molecule has 1 fully saturated rings. The lowest BCUT2D eigenvalue weighted by molar-refractivity contribution is -0.137. The largest absolute Gasteiger partial charge is 0.416 e. The maximum atomic E-state index is 12.7. The molecule has 0 nitrogen and oxygen atoms in total. The van der Waals surface area contributed by atoms with E-state index in [-0.39, 0.29) is 0 Å². The van der Waals surface area contributed by atoms with E-state index >= 15 is 0 Å². The number of unbranched alkanes of at least 4 members (excludes halogenated alkanes) is 2. The minimum Gasteiger partial charge on any atom is -0.166 e. The van der Waals surface area contributed by atoms with Crippen LogP contribution in [0.15, 0.2) is 30.3 Å². The van der Waals surface area contributed by atoms with E-state index in [1.54, 1.807) is 12.1 Å². The molecule has 2 aliphatic rings. The zero-order valence-electron chi connectivity index (χ0n) is 16.5. The molecule has 0 aliphatic heterocycles. The van der Waals surface area contributed by atoms with Crippen LogP contribution < -0.4 is 0 Å². The molecule has 27 heavy (non-hydrogen) atoms. The van der Waals surface area contributed by atoms with E-state index in [9.17, 15) is 13.2 Å². The molecular formula is C24H33F3. The minimum atomic E-state index is -4.25. The minimum absolute atomic E-state index is 0.559. The van der Waals surface area contributed by atoms with Crippen LogP contribution in [-0.2, 0) is 6.18 Å². The third kappa shape index (κ3) is 5.62. The highest BCUT2D eigenvalue weighted by Crippen LogP contribution is 2.42. The highest BCUT2D eigenvalue weighted by atomic mass is 19.4. The van der Waals surface area contributed by atoms with Crippen LogP contribution in [0, 0.1) is 17.8 Å². The lowest BCUT2D eigenvalue weighted by Crippen LogP contribution is -2.23. The fourth-order valence-corrected chi connectivity index (χ4v) is 5.05. The third-order valence-corrected chi connectivity index (χ3v) is 6.81. The zero-order chi connectivity index (χ0) is 19.3. The average Bonchev–Trinajstić information content (AvgIpc) is 2.68. The molecule has 0 heterocycles. The van der Waals surface area contributed by atoms with Crippen LogP contribution >= 0.6 is 0 Å². The van der Waals surface area contributed by atoms with Gasteiger partial charge in [-0.05, 0) is 73.1 Å². The number of hydrogen-bond donors (Lipinski definition) is 0. The van der Waals surface area contributed by atoms with Gasteiger partial charge in [0.15, 0.2) is 0 Å². The van der Waals surface area contributed by atoms with Crippen molar-refractivity contribution in [1.82, 2.24) is 0 Å². The maximum Gasteiger partial charge on any atom is 0.416 e. The van der Waals surface area contributed by atoms with Crippen LogP contribution in [0.1, 0.15) is 88.7 Å². The predicted octanol–water partition coefficient (Wildman–Crippen LogP) is 8.28. The Kier molecular flexibility index (Phi) is 7.05. The first kappa shape index (κ1) is 20.5. The second-order valence-corrected chi connectivity index (χ2v) is 8.62. The first-order valence-corrected chi connectivity index (χ1v) is 10.8. The molecule has 0 spiro atoms. The number of rotatable bonds is 6. The highest BCUT2D eigenvalue weighted by molar-refractivity contribution is 5.66. The Morgan fingerprint density at radius 1 is 0.889 bits per heavy atom. The summed E-state index contributed by atoms with van der Waals surface area (Å²) < 4.78 is 38.2. The molecule has 0 N–H and O–H groups in total. The van der Waals surface area contributed by atoms with Crippen LogP contribution in [0.4, 0.5) is 13.2 Å². The monoisotopic (exact) mass is 378 g/mol. The normalized spacial score (nSPS) is 26.7. The van der Waals surface area contributed by atoms with Gasteiger partial charge in [0.25, 0.3) is 0 Å². The topological polar surface area (TPSA) is 0 Å². The van der Waals surface area contributed by atoms with Gasteiger partial charge in [-0.3, -0.25) is 0 Å². The van der Waals surface area contributed by atoms with E-state index in [1.807, 2.05) is 0 Å².